The number of carbonyl (C=O) groups is 3. The molecule has 1 atom stereocenters. The zero-order chi connectivity index (χ0) is 19.7. The van der Waals surface area contributed by atoms with Crippen LogP contribution < -0.4 is 5.32 Å². The van der Waals surface area contributed by atoms with Crippen molar-refractivity contribution >= 4 is 40.6 Å². The van der Waals surface area contributed by atoms with Crippen molar-refractivity contribution in [1.29, 1.82) is 0 Å². The van der Waals surface area contributed by atoms with Gasteiger partial charge in [0.2, 0.25) is 0 Å². The number of ether oxygens (including phenoxy) is 1. The van der Waals surface area contributed by atoms with E-state index in [9.17, 15) is 19.5 Å². The van der Waals surface area contributed by atoms with E-state index in [1.165, 1.54) is 4.90 Å². The van der Waals surface area contributed by atoms with E-state index in [2.05, 4.69) is 27.9 Å². The Hall–Kier alpha value is -1.84. The number of carboxylic acid groups (broad SMARTS) is 1. The number of aryl methyl sites for hydroxylation is 1. The summed E-state index contributed by atoms with van der Waals surface area (Å²) >= 11 is 2.11. The van der Waals surface area contributed by atoms with Crippen LogP contribution in [-0.4, -0.2) is 52.2 Å². The molecule has 8 heteroatoms. The molecular formula is C18H23IN2O5. The Morgan fingerprint density at radius 1 is 1.31 bits per heavy atom. The van der Waals surface area contributed by atoms with Crippen LogP contribution in [0.15, 0.2) is 18.2 Å². The van der Waals surface area contributed by atoms with Crippen molar-refractivity contribution in [3.63, 3.8) is 0 Å². The summed E-state index contributed by atoms with van der Waals surface area (Å²) in [5.41, 5.74) is -0.779. The van der Waals surface area contributed by atoms with Gasteiger partial charge in [0.1, 0.15) is 5.60 Å². The van der Waals surface area contributed by atoms with Crippen molar-refractivity contribution in [3.05, 3.63) is 32.9 Å². The average Bonchev–Trinajstić information content (AvgIpc) is 2.93. The van der Waals surface area contributed by atoms with Crippen LogP contribution in [-0.2, 0) is 9.53 Å². The van der Waals surface area contributed by atoms with Crippen LogP contribution in [0.4, 0.5) is 4.79 Å². The number of hydrogen-bond donors (Lipinski definition) is 2. The highest BCUT2D eigenvalue weighted by Gasteiger charge is 2.48. The molecule has 0 saturated carbocycles. The number of likely N-dealkylation sites (tertiary alicyclic amines) is 1. The van der Waals surface area contributed by atoms with Crippen LogP contribution in [0.3, 0.4) is 0 Å². The van der Waals surface area contributed by atoms with E-state index in [0.717, 1.165) is 9.13 Å². The van der Waals surface area contributed by atoms with Crippen LogP contribution in [0.1, 0.15) is 43.1 Å². The first-order valence-corrected chi connectivity index (χ1v) is 9.32. The molecule has 0 bridgehead atoms. The Balaban J connectivity index is 2.19. The minimum absolute atomic E-state index is 0.107. The van der Waals surface area contributed by atoms with Gasteiger partial charge in [-0.2, -0.15) is 0 Å². The van der Waals surface area contributed by atoms with Gasteiger partial charge in [0, 0.05) is 16.5 Å². The number of aliphatic carboxylic acids is 1. The minimum atomic E-state index is -1.55. The zero-order valence-corrected chi connectivity index (χ0v) is 17.4. The molecule has 2 rings (SSSR count). The largest absolute Gasteiger partial charge is 0.479 e. The number of alkyl carbamates (subject to hydrolysis) is 1. The number of benzene rings is 1. The molecule has 142 valence electrons. The second-order valence-electron chi connectivity index (χ2n) is 7.43. The van der Waals surface area contributed by atoms with Gasteiger partial charge in [0.25, 0.3) is 5.91 Å². The fourth-order valence-corrected chi connectivity index (χ4v) is 3.39. The smallest absolute Gasteiger partial charge is 0.408 e. The molecule has 1 fully saturated rings. The fourth-order valence-electron chi connectivity index (χ4n) is 2.80. The van der Waals surface area contributed by atoms with Crippen LogP contribution in [0, 0.1) is 10.5 Å². The predicted molar refractivity (Wildman–Crippen MR) is 104 cm³/mol. The molecule has 1 aromatic carbocycles. The second-order valence-corrected chi connectivity index (χ2v) is 8.51. The fraction of sp³-hybridized carbons (Fsp3) is 0.500. The molecule has 0 spiro atoms. The Bertz CT molecular complexity index is 744. The lowest BCUT2D eigenvalue weighted by Crippen LogP contribution is -2.57. The quantitative estimate of drug-likeness (QED) is 0.658. The summed E-state index contributed by atoms with van der Waals surface area (Å²) in [6.45, 7) is 7.14. The molecule has 1 saturated heterocycles. The standard InChI is InChI=1S/C18H23IN2O5/c1-11-6-5-7-12(13(11)19)14(22)21-9-8-18(10-21,15(23)24)20-16(25)26-17(2,3)4/h5-7H,8-10H2,1-4H3,(H,20,25)(H,23,24). The molecule has 1 aliphatic heterocycles. The Kier molecular flexibility index (Phi) is 5.84. The van der Waals surface area contributed by atoms with Crippen molar-refractivity contribution < 1.29 is 24.2 Å². The van der Waals surface area contributed by atoms with Gasteiger partial charge in [-0.15, -0.1) is 0 Å². The molecule has 1 aliphatic rings. The molecule has 2 amide bonds. The molecule has 1 unspecified atom stereocenters. The summed E-state index contributed by atoms with van der Waals surface area (Å²) in [7, 11) is 0. The first-order valence-electron chi connectivity index (χ1n) is 8.24. The molecule has 1 aromatic rings. The Labute approximate surface area is 166 Å². The number of nitrogens with zero attached hydrogens (tertiary/aromatic N) is 1. The molecule has 2 N–H and O–H groups in total. The van der Waals surface area contributed by atoms with E-state index < -0.39 is 23.2 Å². The predicted octanol–water partition coefficient (Wildman–Crippen LogP) is 2.79. The summed E-state index contributed by atoms with van der Waals surface area (Å²) in [4.78, 5) is 38.2. The van der Waals surface area contributed by atoms with Crippen molar-refractivity contribution in [1.82, 2.24) is 10.2 Å². The number of carbonyl (C=O) groups excluding carboxylic acids is 2. The lowest BCUT2D eigenvalue weighted by molar-refractivity contribution is -0.144. The van der Waals surface area contributed by atoms with Crippen LogP contribution in [0.25, 0.3) is 0 Å². The second kappa shape index (κ2) is 7.42. The Morgan fingerprint density at radius 2 is 1.96 bits per heavy atom. The number of rotatable bonds is 3. The topological polar surface area (TPSA) is 95.9 Å². The monoisotopic (exact) mass is 474 g/mol. The zero-order valence-electron chi connectivity index (χ0n) is 15.3. The first-order chi connectivity index (χ1) is 11.9. The Morgan fingerprint density at radius 3 is 2.54 bits per heavy atom. The maximum Gasteiger partial charge on any atom is 0.408 e. The van der Waals surface area contributed by atoms with E-state index in [-0.39, 0.29) is 25.4 Å². The van der Waals surface area contributed by atoms with Crippen molar-refractivity contribution in [2.24, 2.45) is 0 Å². The van der Waals surface area contributed by atoms with E-state index in [4.69, 9.17) is 4.74 Å². The number of amides is 2. The number of carboxylic acids is 1. The van der Waals surface area contributed by atoms with Gasteiger partial charge in [-0.05, 0) is 61.9 Å². The number of nitrogens with one attached hydrogen (secondary N) is 1. The van der Waals surface area contributed by atoms with Crippen molar-refractivity contribution in [2.45, 2.75) is 45.3 Å². The third-order valence-corrected chi connectivity index (χ3v) is 5.56. The summed E-state index contributed by atoms with van der Waals surface area (Å²) in [6.07, 6.45) is -0.685. The van der Waals surface area contributed by atoms with Crippen LogP contribution in [0.5, 0.6) is 0 Å². The minimum Gasteiger partial charge on any atom is -0.479 e. The highest BCUT2D eigenvalue weighted by molar-refractivity contribution is 14.1. The van der Waals surface area contributed by atoms with Gasteiger partial charge in [-0.25, -0.2) is 9.59 Å². The van der Waals surface area contributed by atoms with Gasteiger partial charge in [0.15, 0.2) is 5.54 Å². The molecule has 7 nitrogen and oxygen atoms in total. The maximum atomic E-state index is 12.8. The van der Waals surface area contributed by atoms with E-state index >= 15 is 0 Å². The third kappa shape index (κ3) is 4.46. The molecule has 0 aliphatic carbocycles. The summed E-state index contributed by atoms with van der Waals surface area (Å²) in [6, 6.07) is 5.43. The average molecular weight is 474 g/mol. The van der Waals surface area contributed by atoms with Crippen LogP contribution >= 0.6 is 22.6 Å². The highest BCUT2D eigenvalue weighted by Crippen LogP contribution is 2.26. The lowest BCUT2D eigenvalue weighted by atomic mass is 9.99. The summed E-state index contributed by atoms with van der Waals surface area (Å²) in [5, 5.41) is 12.1. The number of halogens is 1. The summed E-state index contributed by atoms with van der Waals surface area (Å²) < 4.78 is 6.01. The maximum absolute atomic E-state index is 12.8. The van der Waals surface area contributed by atoms with Gasteiger partial charge in [0.05, 0.1) is 12.1 Å². The number of hydrogen-bond acceptors (Lipinski definition) is 4. The molecule has 0 radical (unpaired) electrons. The third-order valence-electron chi connectivity index (χ3n) is 4.13. The van der Waals surface area contributed by atoms with E-state index in [1.54, 1.807) is 32.9 Å². The summed E-state index contributed by atoms with van der Waals surface area (Å²) in [5.74, 6) is -1.43. The molecule has 0 aromatic heterocycles. The van der Waals surface area contributed by atoms with Crippen molar-refractivity contribution in [3.8, 4) is 0 Å². The van der Waals surface area contributed by atoms with E-state index in [0.29, 0.717) is 5.56 Å². The molecular weight excluding hydrogens is 451 g/mol. The first kappa shape index (κ1) is 20.5. The van der Waals surface area contributed by atoms with Gasteiger partial charge >= 0.3 is 12.1 Å². The van der Waals surface area contributed by atoms with Crippen LogP contribution in [0.2, 0.25) is 0 Å². The molecule has 26 heavy (non-hydrogen) atoms. The van der Waals surface area contributed by atoms with Gasteiger partial charge in [-0.1, -0.05) is 12.1 Å². The lowest BCUT2D eigenvalue weighted by Gasteiger charge is -2.28. The highest BCUT2D eigenvalue weighted by atomic mass is 127. The molecule has 1 heterocycles. The van der Waals surface area contributed by atoms with Gasteiger partial charge < -0.3 is 20.1 Å². The SMILES string of the molecule is Cc1cccc(C(=O)N2CCC(NC(=O)OC(C)(C)C)(C(=O)O)C2)c1I. The van der Waals surface area contributed by atoms with Gasteiger partial charge in [-0.3, -0.25) is 4.79 Å². The van der Waals surface area contributed by atoms with Crippen molar-refractivity contribution in [2.75, 3.05) is 13.1 Å². The van der Waals surface area contributed by atoms with E-state index in [1.807, 2.05) is 13.0 Å². The normalized spacial score (nSPS) is 20.0.